The van der Waals surface area contributed by atoms with E-state index in [0.717, 1.165) is 0 Å². The fraction of sp³-hybridized carbons (Fsp3) is 0.200. The summed E-state index contributed by atoms with van der Waals surface area (Å²) in [6, 6.07) is 8.62. The lowest BCUT2D eigenvalue weighted by molar-refractivity contribution is 0.0110. The largest absolute Gasteiger partial charge is 0.445 e. The van der Waals surface area contributed by atoms with Crippen molar-refractivity contribution in [2.45, 2.75) is 6.92 Å². The van der Waals surface area contributed by atoms with Gasteiger partial charge < -0.3 is 9.47 Å². The Morgan fingerprint density at radius 2 is 1.87 bits per heavy atom. The zero-order chi connectivity index (χ0) is 10.4. The fourth-order valence-corrected chi connectivity index (χ4v) is 0.829. The summed E-state index contributed by atoms with van der Waals surface area (Å²) in [6.45, 7) is 1.25. The molecule has 4 nitrogen and oxygen atoms in total. The molecule has 0 aliphatic rings. The zero-order valence-electron chi connectivity index (χ0n) is 8.23. The molecule has 15 heavy (non-hydrogen) atoms. The Morgan fingerprint density at radius 3 is 2.40 bits per heavy atom. The highest BCUT2D eigenvalue weighted by atomic mass is 35.5. The SMILES string of the molecule is CC(=N)OCOC(=O)c1ccccc1.Cl. The second-order valence-electron chi connectivity index (χ2n) is 2.62. The van der Waals surface area contributed by atoms with E-state index >= 15 is 0 Å². The molecule has 1 aromatic carbocycles. The summed E-state index contributed by atoms with van der Waals surface area (Å²) in [6.07, 6.45) is 0. The van der Waals surface area contributed by atoms with Crippen LogP contribution in [0.15, 0.2) is 30.3 Å². The number of hydrogen-bond donors (Lipinski definition) is 1. The lowest BCUT2D eigenvalue weighted by Crippen LogP contribution is -2.10. The molecule has 0 spiro atoms. The van der Waals surface area contributed by atoms with Crippen molar-refractivity contribution in [3.63, 3.8) is 0 Å². The molecule has 82 valence electrons. The van der Waals surface area contributed by atoms with Crippen molar-refractivity contribution in [2.24, 2.45) is 0 Å². The number of hydrogen-bond acceptors (Lipinski definition) is 4. The summed E-state index contributed by atoms with van der Waals surface area (Å²) in [5.74, 6) is -0.433. The van der Waals surface area contributed by atoms with Crippen LogP contribution in [0.3, 0.4) is 0 Å². The van der Waals surface area contributed by atoms with Crippen LogP contribution >= 0.6 is 12.4 Å². The third-order valence-corrected chi connectivity index (χ3v) is 1.47. The number of carbonyl (C=O) groups is 1. The molecule has 0 heterocycles. The summed E-state index contributed by atoms with van der Waals surface area (Å²) < 4.78 is 9.41. The molecule has 1 aromatic rings. The summed E-state index contributed by atoms with van der Waals surface area (Å²) in [5.41, 5.74) is 0.471. The van der Waals surface area contributed by atoms with Gasteiger partial charge in [-0.15, -0.1) is 12.4 Å². The van der Waals surface area contributed by atoms with Crippen LogP contribution in [0, 0.1) is 5.41 Å². The van der Waals surface area contributed by atoms with Crippen molar-refractivity contribution in [1.82, 2.24) is 0 Å². The van der Waals surface area contributed by atoms with Crippen molar-refractivity contribution in [3.8, 4) is 0 Å². The van der Waals surface area contributed by atoms with Crippen molar-refractivity contribution < 1.29 is 14.3 Å². The molecular weight excluding hydrogens is 218 g/mol. The van der Waals surface area contributed by atoms with Gasteiger partial charge in [-0.3, -0.25) is 5.41 Å². The van der Waals surface area contributed by atoms with Crippen LogP contribution in [0.25, 0.3) is 0 Å². The molecule has 5 heteroatoms. The van der Waals surface area contributed by atoms with Crippen LogP contribution in [0.2, 0.25) is 0 Å². The van der Waals surface area contributed by atoms with Crippen molar-refractivity contribution in [1.29, 1.82) is 5.41 Å². The Morgan fingerprint density at radius 1 is 1.27 bits per heavy atom. The number of benzene rings is 1. The minimum Gasteiger partial charge on any atom is -0.445 e. The lowest BCUT2D eigenvalue weighted by atomic mass is 10.2. The molecule has 0 aliphatic carbocycles. The first-order valence-corrected chi connectivity index (χ1v) is 4.10. The second-order valence-corrected chi connectivity index (χ2v) is 2.62. The maximum atomic E-state index is 11.3. The van der Waals surface area contributed by atoms with Gasteiger partial charge in [0.2, 0.25) is 6.79 Å². The molecule has 0 unspecified atom stereocenters. The first kappa shape index (κ1) is 13.5. The highest BCUT2D eigenvalue weighted by Crippen LogP contribution is 2.00. The van der Waals surface area contributed by atoms with E-state index in [1.54, 1.807) is 24.3 Å². The zero-order valence-corrected chi connectivity index (χ0v) is 9.04. The van der Waals surface area contributed by atoms with E-state index < -0.39 is 5.97 Å². The van der Waals surface area contributed by atoms with E-state index in [9.17, 15) is 4.79 Å². The normalized spacial score (nSPS) is 8.60. The molecule has 0 fully saturated rings. The fourth-order valence-electron chi connectivity index (χ4n) is 0.829. The quantitative estimate of drug-likeness (QED) is 0.374. The number of rotatable bonds is 3. The molecule has 0 aromatic heterocycles. The number of ether oxygens (including phenoxy) is 2. The Kier molecular flexibility index (Phi) is 6.13. The summed E-state index contributed by atoms with van der Waals surface area (Å²) >= 11 is 0. The van der Waals surface area contributed by atoms with Gasteiger partial charge in [-0.1, -0.05) is 18.2 Å². The van der Waals surface area contributed by atoms with Crippen molar-refractivity contribution >= 4 is 24.3 Å². The van der Waals surface area contributed by atoms with Crippen molar-refractivity contribution in [2.75, 3.05) is 6.79 Å². The number of nitrogens with one attached hydrogen (secondary N) is 1. The van der Waals surface area contributed by atoms with Gasteiger partial charge in [0, 0.05) is 6.92 Å². The molecule has 1 rings (SSSR count). The second kappa shape index (κ2) is 6.84. The molecular formula is C10H12ClNO3. The Hall–Kier alpha value is -1.55. The first-order valence-electron chi connectivity index (χ1n) is 4.10. The third kappa shape index (κ3) is 5.02. The van der Waals surface area contributed by atoms with Gasteiger partial charge >= 0.3 is 5.97 Å². The van der Waals surface area contributed by atoms with Crippen LogP contribution in [0.1, 0.15) is 17.3 Å². The summed E-state index contributed by atoms with van der Waals surface area (Å²) in [7, 11) is 0. The van der Waals surface area contributed by atoms with Crippen LogP contribution < -0.4 is 0 Å². The number of carbonyl (C=O) groups excluding carboxylic acids is 1. The molecule has 0 saturated carbocycles. The van der Waals surface area contributed by atoms with E-state index in [1.807, 2.05) is 6.07 Å². The minimum atomic E-state index is -0.452. The predicted octanol–water partition coefficient (Wildman–Crippen LogP) is 2.24. The van der Waals surface area contributed by atoms with E-state index in [1.165, 1.54) is 6.92 Å². The standard InChI is InChI=1S/C10H11NO3.ClH/c1-8(11)13-7-14-10(12)9-5-3-2-4-6-9;/h2-6,11H,7H2,1H3;1H. The monoisotopic (exact) mass is 229 g/mol. The third-order valence-electron chi connectivity index (χ3n) is 1.47. The van der Waals surface area contributed by atoms with E-state index in [-0.39, 0.29) is 25.1 Å². The molecule has 0 amide bonds. The van der Waals surface area contributed by atoms with Crippen LogP contribution in [0.4, 0.5) is 0 Å². The maximum Gasteiger partial charge on any atom is 0.340 e. The predicted molar refractivity (Wildman–Crippen MR) is 58.5 cm³/mol. The van der Waals surface area contributed by atoms with E-state index in [2.05, 4.69) is 4.74 Å². The minimum absolute atomic E-state index is 0. The Balaban J connectivity index is 0.00000196. The van der Waals surface area contributed by atoms with Crippen LogP contribution in [-0.4, -0.2) is 18.7 Å². The number of halogens is 1. The van der Waals surface area contributed by atoms with E-state index in [0.29, 0.717) is 5.56 Å². The van der Waals surface area contributed by atoms with Gasteiger partial charge in [-0.2, -0.15) is 0 Å². The average molecular weight is 230 g/mol. The molecule has 0 saturated heterocycles. The first-order chi connectivity index (χ1) is 6.70. The Labute approximate surface area is 94.1 Å². The van der Waals surface area contributed by atoms with Crippen LogP contribution in [0.5, 0.6) is 0 Å². The molecule has 1 N–H and O–H groups in total. The van der Waals surface area contributed by atoms with Gasteiger partial charge in [-0.25, -0.2) is 4.79 Å². The topological polar surface area (TPSA) is 59.4 Å². The van der Waals surface area contributed by atoms with Crippen molar-refractivity contribution in [3.05, 3.63) is 35.9 Å². The summed E-state index contributed by atoms with van der Waals surface area (Å²) in [5, 5.41) is 6.93. The van der Waals surface area contributed by atoms with Gasteiger partial charge in [0.1, 0.15) is 0 Å². The highest BCUT2D eigenvalue weighted by molar-refractivity contribution is 5.89. The lowest BCUT2D eigenvalue weighted by Gasteiger charge is -2.04. The highest BCUT2D eigenvalue weighted by Gasteiger charge is 2.05. The smallest absolute Gasteiger partial charge is 0.340 e. The van der Waals surface area contributed by atoms with Gasteiger partial charge in [0.05, 0.1) is 5.56 Å². The van der Waals surface area contributed by atoms with Gasteiger partial charge in [0.25, 0.3) is 0 Å². The average Bonchev–Trinajstić information content (AvgIpc) is 2.18. The molecule has 0 atom stereocenters. The van der Waals surface area contributed by atoms with Crippen LogP contribution in [-0.2, 0) is 9.47 Å². The van der Waals surface area contributed by atoms with Gasteiger partial charge in [0.15, 0.2) is 5.90 Å². The number of esters is 1. The maximum absolute atomic E-state index is 11.3. The summed E-state index contributed by atoms with van der Waals surface area (Å²) in [4.78, 5) is 11.3. The van der Waals surface area contributed by atoms with Gasteiger partial charge in [-0.05, 0) is 12.1 Å². The molecule has 0 radical (unpaired) electrons. The molecule has 0 bridgehead atoms. The Bertz CT molecular complexity index is 327. The molecule has 0 aliphatic heterocycles. The van der Waals surface area contributed by atoms with E-state index in [4.69, 9.17) is 10.1 Å².